The van der Waals surface area contributed by atoms with Crippen molar-refractivity contribution in [1.82, 2.24) is 4.57 Å². The highest BCUT2D eigenvalue weighted by molar-refractivity contribution is 5.88. The van der Waals surface area contributed by atoms with Gasteiger partial charge in [-0.25, -0.2) is 0 Å². The number of carbonyl (C=O) groups is 1. The number of aromatic nitrogens is 1. The number of nitrogens with zero attached hydrogens (tertiary/aromatic N) is 1. The number of nitrogens with two attached hydrogens (primary N) is 1. The van der Waals surface area contributed by atoms with Crippen LogP contribution in [0.15, 0.2) is 48.5 Å². The van der Waals surface area contributed by atoms with Crippen LogP contribution in [-0.2, 0) is 23.0 Å². The molecule has 0 radical (unpaired) electrons. The third-order valence-electron chi connectivity index (χ3n) is 4.44. The predicted octanol–water partition coefficient (Wildman–Crippen LogP) is 3.41. The Morgan fingerprint density at radius 3 is 2.44 bits per heavy atom. The summed E-state index contributed by atoms with van der Waals surface area (Å²) in [6.07, 6.45) is 0.325. The van der Waals surface area contributed by atoms with Crippen molar-refractivity contribution in [3.05, 3.63) is 54.1 Å². The highest BCUT2D eigenvalue weighted by Gasteiger charge is 2.23. The molecule has 3 aromatic rings. The number of hydrogen-bond donors (Lipinski definition) is 1. The topological polar surface area (TPSA) is 75.7 Å². The molecule has 0 aliphatic rings. The maximum absolute atomic E-state index is 12.0. The number of methoxy groups -OCH3 is 1. The molecular formula is C21H24N2O4. The molecule has 27 heavy (non-hydrogen) atoms. The fourth-order valence-corrected chi connectivity index (χ4v) is 3.08. The monoisotopic (exact) mass is 368 g/mol. The van der Waals surface area contributed by atoms with Gasteiger partial charge >= 0.3 is 5.97 Å². The van der Waals surface area contributed by atoms with E-state index in [1.807, 2.05) is 60.1 Å². The Morgan fingerprint density at radius 2 is 1.78 bits per heavy atom. The lowest BCUT2D eigenvalue weighted by molar-refractivity contribution is -0.144. The van der Waals surface area contributed by atoms with Crippen molar-refractivity contribution in [3.8, 4) is 17.4 Å². The minimum atomic E-state index is -0.756. The van der Waals surface area contributed by atoms with E-state index in [4.69, 9.17) is 19.9 Å². The number of para-hydroxylation sites is 1. The molecule has 0 spiro atoms. The van der Waals surface area contributed by atoms with Crippen LogP contribution in [0.3, 0.4) is 0 Å². The van der Waals surface area contributed by atoms with Crippen molar-refractivity contribution in [2.75, 3.05) is 13.7 Å². The minimum absolute atomic E-state index is 0.303. The van der Waals surface area contributed by atoms with Gasteiger partial charge in [0.05, 0.1) is 19.2 Å². The summed E-state index contributed by atoms with van der Waals surface area (Å²) in [4.78, 5) is 12.0. The molecule has 0 aliphatic carbocycles. The van der Waals surface area contributed by atoms with Crippen LogP contribution in [0.5, 0.6) is 17.4 Å². The summed E-state index contributed by atoms with van der Waals surface area (Å²) in [6.45, 7) is 2.07. The first-order chi connectivity index (χ1) is 13.0. The molecule has 142 valence electrons. The van der Waals surface area contributed by atoms with Gasteiger partial charge in [0.1, 0.15) is 17.5 Å². The molecule has 0 amide bonds. The van der Waals surface area contributed by atoms with E-state index in [-0.39, 0.29) is 0 Å². The summed E-state index contributed by atoms with van der Waals surface area (Å²) in [7, 11) is 3.55. The van der Waals surface area contributed by atoms with Crippen LogP contribution in [-0.4, -0.2) is 30.3 Å². The van der Waals surface area contributed by atoms with E-state index in [0.29, 0.717) is 24.7 Å². The highest BCUT2D eigenvalue weighted by atomic mass is 16.5. The fourth-order valence-electron chi connectivity index (χ4n) is 3.08. The molecule has 1 atom stereocenters. The van der Waals surface area contributed by atoms with E-state index in [0.717, 1.165) is 22.2 Å². The van der Waals surface area contributed by atoms with Crippen LogP contribution in [0.25, 0.3) is 10.9 Å². The van der Waals surface area contributed by atoms with Gasteiger partial charge in [-0.15, -0.1) is 0 Å². The van der Waals surface area contributed by atoms with Crippen molar-refractivity contribution in [1.29, 1.82) is 0 Å². The van der Waals surface area contributed by atoms with Gasteiger partial charge in [-0.3, -0.25) is 4.79 Å². The normalized spacial score (nSPS) is 12.0. The van der Waals surface area contributed by atoms with E-state index in [9.17, 15) is 4.79 Å². The summed E-state index contributed by atoms with van der Waals surface area (Å²) < 4.78 is 18.4. The lowest BCUT2D eigenvalue weighted by Gasteiger charge is -2.13. The first kappa shape index (κ1) is 18.8. The average Bonchev–Trinajstić information content (AvgIpc) is 2.95. The zero-order valence-corrected chi connectivity index (χ0v) is 15.8. The fraction of sp³-hybridized carbons (Fsp3) is 0.286. The van der Waals surface area contributed by atoms with Crippen molar-refractivity contribution in [2.24, 2.45) is 12.8 Å². The standard InChI is InChI=1S/C21H24N2O4/c1-4-26-21(24)18(22)13-17-16-7-5-6-8-19(16)23(2)20(17)27-15-11-9-14(25-3)10-12-15/h5-12,18H,4,13,22H2,1-3H3. The molecule has 0 aliphatic heterocycles. The summed E-state index contributed by atoms with van der Waals surface area (Å²) in [5.41, 5.74) is 7.97. The second-order valence-corrected chi connectivity index (χ2v) is 6.20. The molecule has 1 aromatic heterocycles. The average molecular weight is 368 g/mol. The zero-order valence-electron chi connectivity index (χ0n) is 15.8. The van der Waals surface area contributed by atoms with Gasteiger partial charge in [-0.05, 0) is 37.3 Å². The molecule has 0 fully saturated rings. The number of aryl methyl sites for hydroxylation is 1. The number of esters is 1. The Kier molecular flexibility index (Phi) is 5.66. The molecule has 0 saturated heterocycles. The first-order valence-corrected chi connectivity index (χ1v) is 8.85. The van der Waals surface area contributed by atoms with Gasteiger partial charge in [0.2, 0.25) is 5.88 Å². The summed E-state index contributed by atoms with van der Waals surface area (Å²) in [5.74, 6) is 1.67. The van der Waals surface area contributed by atoms with Crippen molar-refractivity contribution >= 4 is 16.9 Å². The lowest BCUT2D eigenvalue weighted by Crippen LogP contribution is -2.34. The molecule has 1 unspecified atom stereocenters. The summed E-state index contributed by atoms with van der Waals surface area (Å²) in [6, 6.07) is 14.5. The van der Waals surface area contributed by atoms with Gasteiger partial charge in [0.15, 0.2) is 0 Å². The largest absolute Gasteiger partial charge is 0.497 e. The highest BCUT2D eigenvalue weighted by Crippen LogP contribution is 2.35. The number of fused-ring (bicyclic) bond motifs is 1. The number of rotatable bonds is 7. The Hall–Kier alpha value is -2.99. The number of carbonyl (C=O) groups excluding carboxylic acids is 1. The van der Waals surface area contributed by atoms with Gasteiger partial charge in [0.25, 0.3) is 0 Å². The Bertz CT molecular complexity index is 931. The summed E-state index contributed by atoms with van der Waals surface area (Å²) >= 11 is 0. The van der Waals surface area contributed by atoms with Crippen LogP contribution in [0.1, 0.15) is 12.5 Å². The van der Waals surface area contributed by atoms with E-state index < -0.39 is 12.0 Å². The Labute approximate surface area is 158 Å². The van der Waals surface area contributed by atoms with Gasteiger partial charge in [-0.1, -0.05) is 18.2 Å². The van der Waals surface area contributed by atoms with Gasteiger partial charge < -0.3 is 24.5 Å². The zero-order chi connectivity index (χ0) is 19.4. The smallest absolute Gasteiger partial charge is 0.323 e. The van der Waals surface area contributed by atoms with Gasteiger partial charge in [0, 0.05) is 24.4 Å². The van der Waals surface area contributed by atoms with E-state index >= 15 is 0 Å². The molecule has 6 nitrogen and oxygen atoms in total. The third-order valence-corrected chi connectivity index (χ3v) is 4.44. The quantitative estimate of drug-likeness (QED) is 0.647. The number of hydrogen-bond acceptors (Lipinski definition) is 5. The maximum Gasteiger partial charge on any atom is 0.323 e. The second kappa shape index (κ2) is 8.14. The molecular weight excluding hydrogens is 344 g/mol. The number of benzene rings is 2. The Balaban J connectivity index is 1.99. The molecule has 2 aromatic carbocycles. The lowest BCUT2D eigenvalue weighted by atomic mass is 10.1. The third kappa shape index (κ3) is 3.90. The van der Waals surface area contributed by atoms with Crippen molar-refractivity contribution < 1.29 is 19.0 Å². The predicted molar refractivity (Wildman–Crippen MR) is 104 cm³/mol. The van der Waals surface area contributed by atoms with Crippen LogP contribution < -0.4 is 15.2 Å². The van der Waals surface area contributed by atoms with Crippen LogP contribution in [0.2, 0.25) is 0 Å². The van der Waals surface area contributed by atoms with Crippen molar-refractivity contribution in [2.45, 2.75) is 19.4 Å². The van der Waals surface area contributed by atoms with E-state index in [1.165, 1.54) is 0 Å². The first-order valence-electron chi connectivity index (χ1n) is 8.85. The maximum atomic E-state index is 12.0. The van der Waals surface area contributed by atoms with Crippen molar-refractivity contribution in [3.63, 3.8) is 0 Å². The molecule has 2 N–H and O–H groups in total. The number of ether oxygens (including phenoxy) is 3. The second-order valence-electron chi connectivity index (χ2n) is 6.20. The summed E-state index contributed by atoms with van der Waals surface area (Å²) in [5, 5.41) is 1.00. The van der Waals surface area contributed by atoms with Crippen LogP contribution in [0.4, 0.5) is 0 Å². The molecule has 0 saturated carbocycles. The molecule has 1 heterocycles. The molecule has 0 bridgehead atoms. The molecule has 3 rings (SSSR count). The molecule has 6 heteroatoms. The van der Waals surface area contributed by atoms with Gasteiger partial charge in [-0.2, -0.15) is 0 Å². The Morgan fingerprint density at radius 1 is 1.11 bits per heavy atom. The van der Waals surface area contributed by atoms with E-state index in [2.05, 4.69) is 0 Å². The van der Waals surface area contributed by atoms with E-state index in [1.54, 1.807) is 14.0 Å². The SMILES string of the molecule is CCOC(=O)C(N)Cc1c(Oc2ccc(OC)cc2)n(C)c2ccccc12. The minimum Gasteiger partial charge on any atom is -0.497 e. The van der Waals surface area contributed by atoms with Crippen LogP contribution in [0, 0.1) is 0 Å². The van der Waals surface area contributed by atoms with Crippen LogP contribution >= 0.6 is 0 Å².